The van der Waals surface area contributed by atoms with Crippen molar-refractivity contribution in [2.45, 2.75) is 32.1 Å². The average molecular weight is 304 g/mol. The van der Waals surface area contributed by atoms with Gasteiger partial charge < -0.3 is 9.73 Å². The van der Waals surface area contributed by atoms with Crippen LogP contribution < -0.4 is 5.32 Å². The Morgan fingerprint density at radius 3 is 2.57 bits per heavy atom. The molecule has 0 aliphatic heterocycles. The molecular formula is C13H12F4N2O2. The molecule has 8 heteroatoms. The van der Waals surface area contributed by atoms with E-state index in [-0.39, 0.29) is 11.6 Å². The number of carbonyl (C=O) groups excluding carboxylic acids is 1. The lowest BCUT2D eigenvalue weighted by molar-refractivity contribution is -0.163. The van der Waals surface area contributed by atoms with Gasteiger partial charge in [0.05, 0.1) is 0 Å². The lowest BCUT2D eigenvalue weighted by Gasteiger charge is -2.14. The van der Waals surface area contributed by atoms with Crippen molar-refractivity contribution in [3.63, 3.8) is 0 Å². The molecule has 1 amide bonds. The quantitative estimate of drug-likeness (QED) is 0.874. The maximum absolute atomic E-state index is 12.9. The first-order valence-electron chi connectivity index (χ1n) is 6.09. The number of benzene rings is 1. The molecule has 1 aromatic heterocycles. The molecule has 21 heavy (non-hydrogen) atoms. The van der Waals surface area contributed by atoms with Gasteiger partial charge in [-0.05, 0) is 18.2 Å². The second kappa shape index (κ2) is 5.34. The van der Waals surface area contributed by atoms with E-state index in [0.717, 1.165) is 0 Å². The number of amides is 1. The number of anilines is 1. The fourth-order valence-electron chi connectivity index (χ4n) is 1.58. The molecule has 0 radical (unpaired) electrons. The molecule has 0 fully saturated rings. The van der Waals surface area contributed by atoms with Gasteiger partial charge in [-0.1, -0.05) is 13.8 Å². The van der Waals surface area contributed by atoms with E-state index in [0.29, 0.717) is 17.0 Å². The summed E-state index contributed by atoms with van der Waals surface area (Å²) in [6, 6.07) is 3.98. The highest BCUT2D eigenvalue weighted by molar-refractivity contribution is 5.97. The Hall–Kier alpha value is -2.12. The number of halogens is 4. The van der Waals surface area contributed by atoms with Crippen LogP contribution in [0.5, 0.6) is 0 Å². The Morgan fingerprint density at radius 2 is 2.00 bits per heavy atom. The largest absolute Gasteiger partial charge is 0.440 e. The topological polar surface area (TPSA) is 55.1 Å². The Morgan fingerprint density at radius 1 is 1.33 bits per heavy atom. The van der Waals surface area contributed by atoms with Crippen LogP contribution in [0.2, 0.25) is 0 Å². The molecule has 4 nitrogen and oxygen atoms in total. The van der Waals surface area contributed by atoms with Crippen LogP contribution in [0.1, 0.15) is 25.7 Å². The third kappa shape index (κ3) is 2.98. The van der Waals surface area contributed by atoms with Crippen LogP contribution in [0, 0.1) is 0 Å². The summed E-state index contributed by atoms with van der Waals surface area (Å²) >= 11 is 0. The van der Waals surface area contributed by atoms with Crippen molar-refractivity contribution in [2.75, 3.05) is 5.32 Å². The maximum Gasteiger partial charge on any atom is 0.383 e. The fourth-order valence-corrected chi connectivity index (χ4v) is 1.58. The molecule has 0 bridgehead atoms. The minimum atomic E-state index is -4.75. The second-order valence-electron chi connectivity index (χ2n) is 4.77. The standard InChI is InChI=1S/C13H12F4N2O2/c1-6(2)10-19-8-5-7(3-4-9(8)21-10)18-12(20)13(16,17)11(14)15/h3-6,11H,1-2H3,(H,18,20). The summed E-state index contributed by atoms with van der Waals surface area (Å²) in [4.78, 5) is 15.3. The monoisotopic (exact) mass is 304 g/mol. The Kier molecular flexibility index (Phi) is 3.89. The summed E-state index contributed by atoms with van der Waals surface area (Å²) in [5, 5.41) is 1.74. The molecule has 0 atom stereocenters. The molecule has 2 aromatic rings. The minimum Gasteiger partial charge on any atom is -0.440 e. The maximum atomic E-state index is 12.9. The summed E-state index contributed by atoms with van der Waals surface area (Å²) in [7, 11) is 0. The van der Waals surface area contributed by atoms with Gasteiger partial charge >= 0.3 is 18.3 Å². The molecule has 0 unspecified atom stereocenters. The summed E-state index contributed by atoms with van der Waals surface area (Å²) in [5.41, 5.74) is 0.700. The van der Waals surface area contributed by atoms with Crippen LogP contribution in [0.3, 0.4) is 0 Å². The summed E-state index contributed by atoms with van der Waals surface area (Å²) in [6.45, 7) is 3.72. The summed E-state index contributed by atoms with van der Waals surface area (Å²) in [6.07, 6.45) is -4.07. The van der Waals surface area contributed by atoms with Gasteiger partial charge in [0.15, 0.2) is 11.5 Å². The Labute approximate surface area is 117 Å². The molecule has 1 N–H and O–H groups in total. The minimum absolute atomic E-state index is 0.0265. The number of hydrogen-bond acceptors (Lipinski definition) is 3. The molecule has 1 aromatic carbocycles. The number of aromatic nitrogens is 1. The predicted molar refractivity (Wildman–Crippen MR) is 67.7 cm³/mol. The molecular weight excluding hydrogens is 292 g/mol. The first-order valence-corrected chi connectivity index (χ1v) is 6.09. The van der Waals surface area contributed by atoms with Gasteiger partial charge in [0.25, 0.3) is 0 Å². The highest BCUT2D eigenvalue weighted by atomic mass is 19.3. The Bertz CT molecular complexity index is 667. The average Bonchev–Trinajstić information content (AvgIpc) is 2.81. The van der Waals surface area contributed by atoms with E-state index in [4.69, 9.17) is 4.42 Å². The van der Waals surface area contributed by atoms with Gasteiger partial charge in [0, 0.05) is 11.6 Å². The molecule has 0 spiro atoms. The van der Waals surface area contributed by atoms with Gasteiger partial charge in [-0.3, -0.25) is 4.79 Å². The smallest absolute Gasteiger partial charge is 0.383 e. The first-order chi connectivity index (χ1) is 9.71. The lowest BCUT2D eigenvalue weighted by atomic mass is 10.2. The van der Waals surface area contributed by atoms with E-state index in [9.17, 15) is 22.4 Å². The molecule has 1 heterocycles. The molecule has 2 rings (SSSR count). The molecule has 0 saturated heterocycles. The number of carbonyl (C=O) groups is 1. The predicted octanol–water partition coefficient (Wildman–Crippen LogP) is 3.79. The van der Waals surface area contributed by atoms with Crippen LogP contribution in [0.15, 0.2) is 22.6 Å². The highest BCUT2D eigenvalue weighted by Crippen LogP contribution is 2.27. The van der Waals surface area contributed by atoms with E-state index >= 15 is 0 Å². The zero-order valence-corrected chi connectivity index (χ0v) is 11.2. The SMILES string of the molecule is CC(C)c1nc2cc(NC(=O)C(F)(F)C(F)F)ccc2o1. The zero-order chi connectivity index (χ0) is 15.8. The third-order valence-electron chi connectivity index (χ3n) is 2.73. The van der Waals surface area contributed by atoms with E-state index in [2.05, 4.69) is 4.98 Å². The van der Waals surface area contributed by atoms with Crippen molar-refractivity contribution in [1.29, 1.82) is 0 Å². The fraction of sp³-hybridized carbons (Fsp3) is 0.385. The van der Waals surface area contributed by atoms with Crippen LogP contribution >= 0.6 is 0 Å². The van der Waals surface area contributed by atoms with Gasteiger partial charge in [0.2, 0.25) is 0 Å². The van der Waals surface area contributed by atoms with Crippen LogP contribution in [-0.4, -0.2) is 23.2 Å². The van der Waals surface area contributed by atoms with E-state index < -0.39 is 18.3 Å². The van der Waals surface area contributed by atoms with Gasteiger partial charge in [-0.15, -0.1) is 0 Å². The van der Waals surface area contributed by atoms with Gasteiger partial charge in [-0.25, -0.2) is 13.8 Å². The number of nitrogens with one attached hydrogen (secondary N) is 1. The number of fused-ring (bicyclic) bond motifs is 1. The normalized spacial score (nSPS) is 12.4. The zero-order valence-electron chi connectivity index (χ0n) is 11.2. The van der Waals surface area contributed by atoms with Crippen LogP contribution in [0.4, 0.5) is 23.2 Å². The van der Waals surface area contributed by atoms with Crippen molar-refractivity contribution < 1.29 is 26.8 Å². The van der Waals surface area contributed by atoms with E-state index in [1.54, 1.807) is 5.32 Å². The van der Waals surface area contributed by atoms with E-state index in [1.807, 2.05) is 13.8 Å². The van der Waals surface area contributed by atoms with Crippen molar-refractivity contribution >= 4 is 22.7 Å². The van der Waals surface area contributed by atoms with Gasteiger partial charge in [0.1, 0.15) is 5.52 Å². The number of alkyl halides is 4. The number of oxazole rings is 1. The number of nitrogens with zero attached hydrogens (tertiary/aromatic N) is 1. The second-order valence-corrected chi connectivity index (χ2v) is 4.77. The summed E-state index contributed by atoms with van der Waals surface area (Å²) < 4.78 is 55.3. The van der Waals surface area contributed by atoms with Crippen molar-refractivity contribution in [3.05, 3.63) is 24.1 Å². The van der Waals surface area contributed by atoms with Crippen molar-refractivity contribution in [2.24, 2.45) is 0 Å². The lowest BCUT2D eigenvalue weighted by Crippen LogP contribution is -2.40. The molecule has 0 saturated carbocycles. The van der Waals surface area contributed by atoms with Gasteiger partial charge in [-0.2, -0.15) is 8.78 Å². The first kappa shape index (κ1) is 15.3. The Balaban J connectivity index is 2.25. The van der Waals surface area contributed by atoms with Crippen LogP contribution in [0.25, 0.3) is 11.1 Å². The van der Waals surface area contributed by atoms with E-state index in [1.165, 1.54) is 18.2 Å². The van der Waals surface area contributed by atoms with Crippen molar-refractivity contribution in [3.8, 4) is 0 Å². The van der Waals surface area contributed by atoms with Crippen molar-refractivity contribution in [1.82, 2.24) is 4.98 Å². The highest BCUT2D eigenvalue weighted by Gasteiger charge is 2.48. The molecule has 114 valence electrons. The third-order valence-corrected chi connectivity index (χ3v) is 2.73. The number of hydrogen-bond donors (Lipinski definition) is 1. The summed E-state index contributed by atoms with van der Waals surface area (Å²) in [5.74, 6) is -6.34. The molecule has 0 aliphatic rings. The molecule has 0 aliphatic carbocycles. The number of rotatable bonds is 4. The van der Waals surface area contributed by atoms with Crippen LogP contribution in [-0.2, 0) is 4.79 Å².